The number of alkyl carbamates (subject to hydrolysis) is 1. The molecule has 0 saturated carbocycles. The van der Waals surface area contributed by atoms with E-state index in [1.165, 1.54) is 44.6 Å². The van der Waals surface area contributed by atoms with Crippen molar-refractivity contribution in [3.05, 3.63) is 53.6 Å². The number of halogens is 1. The third kappa shape index (κ3) is 7.36. The van der Waals surface area contributed by atoms with Crippen LogP contribution in [-0.4, -0.2) is 55.4 Å². The van der Waals surface area contributed by atoms with E-state index in [4.69, 9.17) is 14.3 Å². The first kappa shape index (κ1) is 26.8. The van der Waals surface area contributed by atoms with Crippen molar-refractivity contribution in [2.45, 2.75) is 44.9 Å². The Morgan fingerprint density at radius 2 is 2.06 bits per heavy atom. The summed E-state index contributed by atoms with van der Waals surface area (Å²) in [6.07, 6.45) is 0.783. The van der Waals surface area contributed by atoms with Crippen LogP contribution in [0.1, 0.15) is 49.3 Å². The minimum Gasteiger partial charge on any atom is -0.495 e. The molecule has 2 heterocycles. The second kappa shape index (κ2) is 11.8. The van der Waals surface area contributed by atoms with Crippen molar-refractivity contribution in [2.75, 3.05) is 26.0 Å². The van der Waals surface area contributed by atoms with Gasteiger partial charge in [0.05, 0.1) is 19.3 Å². The summed E-state index contributed by atoms with van der Waals surface area (Å²) in [5, 5.41) is 8.29. The molecule has 1 unspecified atom stereocenters. The van der Waals surface area contributed by atoms with Crippen LogP contribution in [0.25, 0.3) is 0 Å². The molecule has 0 bridgehead atoms. The summed E-state index contributed by atoms with van der Waals surface area (Å²) in [4.78, 5) is 38.6. The molecule has 194 valence electrons. The Balaban J connectivity index is 1.82. The number of aromatic nitrogens is 1. The Morgan fingerprint density at radius 1 is 1.28 bits per heavy atom. The van der Waals surface area contributed by atoms with E-state index in [0.717, 1.165) is 0 Å². The number of nitrogens with zero attached hydrogens (tertiary/aromatic N) is 2. The van der Waals surface area contributed by atoms with Gasteiger partial charge in [0.25, 0.3) is 5.91 Å². The van der Waals surface area contributed by atoms with E-state index >= 15 is 4.39 Å². The Hall–Kier alpha value is -3.77. The highest BCUT2D eigenvalue weighted by atomic mass is 19.1. The Kier molecular flexibility index (Phi) is 8.78. The molecule has 2 atom stereocenters. The maximum Gasteiger partial charge on any atom is 0.414 e. The summed E-state index contributed by atoms with van der Waals surface area (Å²) >= 11 is 0. The van der Waals surface area contributed by atoms with Gasteiger partial charge in [0.1, 0.15) is 29.0 Å². The maximum atomic E-state index is 15.0. The number of aliphatic imine (C=N–C) groups is 1. The molecule has 0 aliphatic carbocycles. The topological polar surface area (TPSA) is 135 Å². The fraction of sp³-hybridized carbons (Fsp3) is 0.417. The van der Waals surface area contributed by atoms with Gasteiger partial charge in [0.2, 0.25) is 5.96 Å². The molecule has 12 heteroatoms. The number of methoxy groups -OCH3 is 1. The third-order valence-corrected chi connectivity index (χ3v) is 5.07. The van der Waals surface area contributed by atoms with Gasteiger partial charge in [-0.1, -0.05) is 0 Å². The van der Waals surface area contributed by atoms with Crippen LogP contribution >= 0.6 is 0 Å². The fourth-order valence-electron chi connectivity index (χ4n) is 3.43. The third-order valence-electron chi connectivity index (χ3n) is 5.07. The van der Waals surface area contributed by atoms with Gasteiger partial charge in [-0.25, -0.2) is 19.6 Å². The number of guanidine groups is 1. The number of hydrogen-bond acceptors (Lipinski definition) is 8. The lowest BCUT2D eigenvalue weighted by Crippen LogP contribution is -2.47. The summed E-state index contributed by atoms with van der Waals surface area (Å²) in [6, 6.07) is 6.56. The zero-order chi connectivity index (χ0) is 26.3. The molecule has 1 saturated heterocycles. The van der Waals surface area contributed by atoms with Crippen molar-refractivity contribution in [2.24, 2.45) is 4.99 Å². The van der Waals surface area contributed by atoms with Crippen molar-refractivity contribution in [3.8, 4) is 5.75 Å². The van der Waals surface area contributed by atoms with Gasteiger partial charge in [0, 0.05) is 24.8 Å². The molecule has 11 nitrogen and oxygen atoms in total. The van der Waals surface area contributed by atoms with Gasteiger partial charge in [-0.3, -0.25) is 19.9 Å². The average Bonchev–Trinajstić information content (AvgIpc) is 3.36. The number of carbonyl (C=O) groups is 2. The van der Waals surface area contributed by atoms with Crippen LogP contribution in [0.4, 0.5) is 14.9 Å². The zero-order valence-electron chi connectivity index (χ0n) is 20.8. The van der Waals surface area contributed by atoms with Crippen molar-refractivity contribution in [1.82, 2.24) is 21.1 Å². The second-order valence-electron chi connectivity index (χ2n) is 8.93. The van der Waals surface area contributed by atoms with Crippen molar-refractivity contribution >= 4 is 23.6 Å². The smallest absolute Gasteiger partial charge is 0.414 e. The van der Waals surface area contributed by atoms with Crippen LogP contribution in [0, 0.1) is 5.82 Å². The molecule has 0 spiro atoms. The van der Waals surface area contributed by atoms with E-state index in [0.29, 0.717) is 24.4 Å². The molecular formula is C24H31FN6O5. The number of anilines is 1. The summed E-state index contributed by atoms with van der Waals surface area (Å²) in [6.45, 7) is 5.77. The Morgan fingerprint density at radius 3 is 2.64 bits per heavy atom. The Labute approximate surface area is 208 Å². The van der Waals surface area contributed by atoms with Gasteiger partial charge in [-0.2, -0.15) is 0 Å². The highest BCUT2D eigenvalue weighted by molar-refractivity contribution is 6.03. The molecule has 36 heavy (non-hydrogen) atoms. The summed E-state index contributed by atoms with van der Waals surface area (Å²) in [7, 11) is 2.97. The fourth-order valence-corrected chi connectivity index (χ4v) is 3.43. The van der Waals surface area contributed by atoms with E-state index in [-0.39, 0.29) is 17.2 Å². The van der Waals surface area contributed by atoms with Crippen LogP contribution in [0.15, 0.2) is 41.5 Å². The van der Waals surface area contributed by atoms with Crippen molar-refractivity contribution in [1.29, 1.82) is 0 Å². The molecule has 3 rings (SSSR count). The van der Waals surface area contributed by atoms with Gasteiger partial charge in [-0.05, 0) is 57.5 Å². The molecule has 1 fully saturated rings. The van der Waals surface area contributed by atoms with Gasteiger partial charge in [-0.15, -0.1) is 0 Å². The number of nitrogens with one attached hydrogen (secondary N) is 4. The SMILES string of the molecule is CN=C(NC(=O)OC(C)(C)C)NC(c1cc(NC(=O)c2ccc(OC)cn2)ccc1F)[C@@H]1CCNO1. The second-order valence-corrected chi connectivity index (χ2v) is 8.93. The zero-order valence-corrected chi connectivity index (χ0v) is 20.8. The molecule has 1 aromatic heterocycles. The first-order valence-corrected chi connectivity index (χ1v) is 11.3. The summed E-state index contributed by atoms with van der Waals surface area (Å²) in [5.74, 6) is -0.415. The first-order chi connectivity index (χ1) is 17.1. The monoisotopic (exact) mass is 502 g/mol. The molecule has 1 aromatic carbocycles. The first-order valence-electron chi connectivity index (χ1n) is 11.3. The number of hydrogen-bond donors (Lipinski definition) is 4. The maximum absolute atomic E-state index is 15.0. The molecular weight excluding hydrogens is 471 g/mol. The molecule has 2 aromatic rings. The number of ether oxygens (including phenoxy) is 2. The lowest BCUT2D eigenvalue weighted by molar-refractivity contribution is 0.0145. The molecule has 0 radical (unpaired) electrons. The minimum absolute atomic E-state index is 0.0704. The normalized spacial score (nSPS) is 16.7. The highest BCUT2D eigenvalue weighted by Crippen LogP contribution is 2.28. The summed E-state index contributed by atoms with van der Waals surface area (Å²) in [5.41, 5.74) is 2.79. The van der Waals surface area contributed by atoms with Crippen LogP contribution in [0.3, 0.4) is 0 Å². The quantitative estimate of drug-likeness (QED) is 0.350. The van der Waals surface area contributed by atoms with Gasteiger partial charge in [0.15, 0.2) is 0 Å². The molecule has 1 aliphatic heterocycles. The average molecular weight is 503 g/mol. The number of hydroxylamine groups is 1. The minimum atomic E-state index is -0.760. The number of rotatable bonds is 6. The number of amides is 2. The van der Waals surface area contributed by atoms with Crippen molar-refractivity contribution < 1.29 is 28.3 Å². The van der Waals surface area contributed by atoms with Crippen LogP contribution in [-0.2, 0) is 9.57 Å². The Bertz CT molecular complexity index is 1100. The predicted octanol–water partition coefficient (Wildman–Crippen LogP) is 2.92. The van der Waals surface area contributed by atoms with Crippen LogP contribution in [0.5, 0.6) is 5.75 Å². The number of carbonyl (C=O) groups excluding carboxylic acids is 2. The van der Waals surface area contributed by atoms with E-state index in [2.05, 4.69) is 31.4 Å². The van der Waals surface area contributed by atoms with E-state index < -0.39 is 35.6 Å². The van der Waals surface area contributed by atoms with E-state index in [1.54, 1.807) is 26.8 Å². The largest absolute Gasteiger partial charge is 0.495 e. The van der Waals surface area contributed by atoms with Crippen LogP contribution < -0.4 is 26.2 Å². The number of pyridine rings is 1. The lowest BCUT2D eigenvalue weighted by atomic mass is 9.98. The highest BCUT2D eigenvalue weighted by Gasteiger charge is 2.31. The molecule has 4 N–H and O–H groups in total. The molecule has 2 amide bonds. The molecule has 1 aliphatic rings. The standard InChI is InChI=1S/C24H31FN6O5/c1-24(2,3)35-23(33)31-22(26-4)30-20(19-10-11-28-36-19)16-12-14(6-8-17(16)25)29-21(32)18-9-7-15(34-5)13-27-18/h6-9,12-13,19-20,28H,10-11H2,1-5H3,(H,29,32)(H2,26,30,31,33)/t19-,20?/m0/s1. The van der Waals surface area contributed by atoms with E-state index in [1.807, 2.05) is 0 Å². The van der Waals surface area contributed by atoms with E-state index in [9.17, 15) is 9.59 Å². The van der Waals surface area contributed by atoms with Crippen LogP contribution in [0.2, 0.25) is 0 Å². The van der Waals surface area contributed by atoms with Gasteiger partial charge < -0.3 is 20.1 Å². The predicted molar refractivity (Wildman–Crippen MR) is 131 cm³/mol. The summed E-state index contributed by atoms with van der Waals surface area (Å²) < 4.78 is 25.4. The van der Waals surface area contributed by atoms with Crippen molar-refractivity contribution in [3.63, 3.8) is 0 Å². The number of benzene rings is 1. The van der Waals surface area contributed by atoms with Gasteiger partial charge >= 0.3 is 6.09 Å². The lowest BCUT2D eigenvalue weighted by Gasteiger charge is -2.27.